The van der Waals surface area contributed by atoms with Crippen LogP contribution in [-0.4, -0.2) is 16.9 Å². The molecule has 1 aromatic carbocycles. The van der Waals surface area contributed by atoms with E-state index in [9.17, 15) is 4.79 Å². The summed E-state index contributed by atoms with van der Waals surface area (Å²) >= 11 is 0. The molecule has 0 fully saturated rings. The van der Waals surface area contributed by atoms with Crippen LogP contribution in [-0.2, 0) is 12.8 Å². The summed E-state index contributed by atoms with van der Waals surface area (Å²) in [5.74, 6) is 0.0190. The number of benzene rings is 1. The molecule has 0 spiro atoms. The van der Waals surface area contributed by atoms with Gasteiger partial charge in [0.1, 0.15) is 0 Å². The van der Waals surface area contributed by atoms with Gasteiger partial charge in [0.05, 0.1) is 0 Å². The van der Waals surface area contributed by atoms with Crippen molar-refractivity contribution in [3.63, 3.8) is 0 Å². The molecule has 1 aliphatic carbocycles. The Morgan fingerprint density at radius 1 is 1.20 bits per heavy atom. The fraction of sp³-hybridized carbons (Fsp3) is 0.471. The molecule has 0 saturated carbocycles. The maximum absolute atomic E-state index is 12.1. The molecular formula is C17H22N2O. The molecule has 0 atom stereocenters. The molecule has 106 valence electrons. The Hall–Kier alpha value is -1.77. The minimum Gasteiger partial charge on any atom is -0.358 e. The topological polar surface area (TPSA) is 44.9 Å². The van der Waals surface area contributed by atoms with E-state index >= 15 is 0 Å². The largest absolute Gasteiger partial charge is 0.358 e. The van der Waals surface area contributed by atoms with Crippen LogP contribution in [0.25, 0.3) is 10.9 Å². The van der Waals surface area contributed by atoms with Gasteiger partial charge < -0.3 is 10.3 Å². The van der Waals surface area contributed by atoms with Crippen molar-refractivity contribution in [2.45, 2.75) is 52.0 Å². The fourth-order valence-corrected chi connectivity index (χ4v) is 3.07. The van der Waals surface area contributed by atoms with Gasteiger partial charge >= 0.3 is 0 Å². The minimum absolute atomic E-state index is 0.0190. The number of carbonyl (C=O) groups excluding carboxylic acids is 1. The van der Waals surface area contributed by atoms with Crippen LogP contribution >= 0.6 is 0 Å². The molecule has 3 nitrogen and oxygen atoms in total. The first-order valence-electron chi connectivity index (χ1n) is 7.59. The van der Waals surface area contributed by atoms with Crippen molar-refractivity contribution >= 4 is 16.8 Å². The number of nitrogens with one attached hydrogen (secondary N) is 2. The highest BCUT2D eigenvalue weighted by molar-refractivity contribution is 5.99. The number of H-pyrrole nitrogens is 1. The molecule has 1 heterocycles. The Labute approximate surface area is 119 Å². The summed E-state index contributed by atoms with van der Waals surface area (Å²) in [5, 5.41) is 4.19. The summed E-state index contributed by atoms with van der Waals surface area (Å²) in [6.07, 6.45) is 6.09. The van der Waals surface area contributed by atoms with E-state index in [2.05, 4.69) is 10.3 Å². The van der Waals surface area contributed by atoms with Crippen LogP contribution < -0.4 is 5.32 Å². The van der Waals surface area contributed by atoms with Gasteiger partial charge in [0, 0.05) is 28.2 Å². The lowest BCUT2D eigenvalue weighted by atomic mass is 10.0. The van der Waals surface area contributed by atoms with Gasteiger partial charge in [-0.2, -0.15) is 0 Å². The highest BCUT2D eigenvalue weighted by atomic mass is 16.1. The lowest BCUT2D eigenvalue weighted by Gasteiger charge is -2.08. The maximum Gasteiger partial charge on any atom is 0.251 e. The van der Waals surface area contributed by atoms with Crippen molar-refractivity contribution < 1.29 is 4.79 Å². The molecule has 1 aromatic heterocycles. The van der Waals surface area contributed by atoms with E-state index in [1.807, 2.05) is 32.0 Å². The molecule has 0 unspecified atom stereocenters. The summed E-state index contributed by atoms with van der Waals surface area (Å²) in [6, 6.07) is 6.17. The van der Waals surface area contributed by atoms with E-state index in [4.69, 9.17) is 0 Å². The number of carbonyl (C=O) groups is 1. The van der Waals surface area contributed by atoms with E-state index in [0.717, 1.165) is 23.9 Å². The SMILES string of the molecule is CC(C)NC(=O)c1ccc2[nH]c3c(c2c1)CCCCC3. The summed E-state index contributed by atoms with van der Waals surface area (Å²) in [7, 11) is 0. The molecule has 1 aliphatic rings. The third-order valence-electron chi connectivity index (χ3n) is 4.03. The zero-order valence-corrected chi connectivity index (χ0v) is 12.3. The van der Waals surface area contributed by atoms with E-state index < -0.39 is 0 Å². The molecule has 20 heavy (non-hydrogen) atoms. The van der Waals surface area contributed by atoms with Crippen molar-refractivity contribution in [1.29, 1.82) is 0 Å². The second kappa shape index (κ2) is 5.31. The molecule has 0 saturated heterocycles. The molecule has 0 aliphatic heterocycles. The molecule has 2 N–H and O–H groups in total. The van der Waals surface area contributed by atoms with Gasteiger partial charge in [0.25, 0.3) is 5.91 Å². The number of aryl methyl sites for hydroxylation is 2. The number of fused-ring (bicyclic) bond motifs is 3. The zero-order valence-electron chi connectivity index (χ0n) is 12.3. The van der Waals surface area contributed by atoms with Gasteiger partial charge in [-0.15, -0.1) is 0 Å². The lowest BCUT2D eigenvalue weighted by molar-refractivity contribution is 0.0943. The van der Waals surface area contributed by atoms with Crippen LogP contribution in [0.2, 0.25) is 0 Å². The van der Waals surface area contributed by atoms with Crippen LogP contribution in [0, 0.1) is 0 Å². The Bertz CT molecular complexity index is 640. The summed E-state index contributed by atoms with van der Waals surface area (Å²) in [4.78, 5) is 15.7. The van der Waals surface area contributed by atoms with Crippen molar-refractivity contribution in [1.82, 2.24) is 10.3 Å². The number of hydrogen-bond donors (Lipinski definition) is 2. The normalized spacial score (nSPS) is 15.2. The van der Waals surface area contributed by atoms with E-state index in [1.165, 1.54) is 35.9 Å². The number of amides is 1. The summed E-state index contributed by atoms with van der Waals surface area (Å²) < 4.78 is 0. The van der Waals surface area contributed by atoms with Crippen LogP contribution in [0.4, 0.5) is 0 Å². The summed E-state index contributed by atoms with van der Waals surface area (Å²) in [6.45, 7) is 3.97. The highest BCUT2D eigenvalue weighted by Crippen LogP contribution is 2.29. The van der Waals surface area contributed by atoms with Gasteiger partial charge in [0.2, 0.25) is 0 Å². The average molecular weight is 270 g/mol. The second-order valence-electron chi connectivity index (χ2n) is 6.03. The van der Waals surface area contributed by atoms with E-state index in [1.54, 1.807) is 0 Å². The first-order valence-corrected chi connectivity index (χ1v) is 7.59. The molecule has 1 amide bonds. The summed E-state index contributed by atoms with van der Waals surface area (Å²) in [5.41, 5.74) is 4.73. The third-order valence-corrected chi connectivity index (χ3v) is 4.03. The van der Waals surface area contributed by atoms with E-state index in [-0.39, 0.29) is 11.9 Å². The van der Waals surface area contributed by atoms with Crippen molar-refractivity contribution in [3.8, 4) is 0 Å². The maximum atomic E-state index is 12.1. The predicted octanol–water partition coefficient (Wildman–Crippen LogP) is 3.58. The van der Waals surface area contributed by atoms with Gasteiger partial charge in [-0.3, -0.25) is 4.79 Å². The molecule has 3 rings (SSSR count). The van der Waals surface area contributed by atoms with Gasteiger partial charge in [0.15, 0.2) is 0 Å². The molecular weight excluding hydrogens is 248 g/mol. The number of hydrogen-bond acceptors (Lipinski definition) is 1. The first-order chi connectivity index (χ1) is 9.65. The van der Waals surface area contributed by atoms with Crippen molar-refractivity contribution in [2.75, 3.05) is 0 Å². The Kier molecular flexibility index (Phi) is 3.51. The molecule has 0 bridgehead atoms. The van der Waals surface area contributed by atoms with Crippen LogP contribution in [0.1, 0.15) is 54.7 Å². The Morgan fingerprint density at radius 2 is 2.00 bits per heavy atom. The predicted molar refractivity (Wildman–Crippen MR) is 82.2 cm³/mol. The molecule has 3 heteroatoms. The van der Waals surface area contributed by atoms with Crippen LogP contribution in [0.15, 0.2) is 18.2 Å². The number of rotatable bonds is 2. The van der Waals surface area contributed by atoms with Crippen LogP contribution in [0.5, 0.6) is 0 Å². The smallest absolute Gasteiger partial charge is 0.251 e. The molecule has 2 aromatic rings. The number of aromatic amines is 1. The highest BCUT2D eigenvalue weighted by Gasteiger charge is 2.16. The third kappa shape index (κ3) is 2.45. The Balaban J connectivity index is 2.01. The minimum atomic E-state index is 0.0190. The molecule has 0 radical (unpaired) electrons. The quantitative estimate of drug-likeness (QED) is 0.805. The van der Waals surface area contributed by atoms with Crippen LogP contribution in [0.3, 0.4) is 0 Å². The average Bonchev–Trinajstić information content (AvgIpc) is 2.59. The zero-order chi connectivity index (χ0) is 14.1. The Morgan fingerprint density at radius 3 is 2.80 bits per heavy atom. The first kappa shape index (κ1) is 13.2. The van der Waals surface area contributed by atoms with Gasteiger partial charge in [-0.25, -0.2) is 0 Å². The fourth-order valence-electron chi connectivity index (χ4n) is 3.07. The number of aromatic nitrogens is 1. The monoisotopic (exact) mass is 270 g/mol. The van der Waals surface area contributed by atoms with Crippen molar-refractivity contribution in [3.05, 3.63) is 35.0 Å². The van der Waals surface area contributed by atoms with Gasteiger partial charge in [-0.05, 0) is 63.3 Å². The second-order valence-corrected chi connectivity index (χ2v) is 6.03. The van der Waals surface area contributed by atoms with Gasteiger partial charge in [-0.1, -0.05) is 6.42 Å². The van der Waals surface area contributed by atoms with Crippen molar-refractivity contribution in [2.24, 2.45) is 0 Å². The standard InChI is InChI=1S/C17H22N2O/c1-11(2)18-17(20)12-8-9-16-14(10-12)13-6-4-3-5-7-15(13)19-16/h8-11,19H,3-7H2,1-2H3,(H,18,20). The lowest BCUT2D eigenvalue weighted by Crippen LogP contribution is -2.29. The van der Waals surface area contributed by atoms with E-state index in [0.29, 0.717) is 0 Å².